The van der Waals surface area contributed by atoms with E-state index in [0.717, 1.165) is 0 Å². The van der Waals surface area contributed by atoms with Gasteiger partial charge >= 0.3 is 17.9 Å². The number of fused-ring (bicyclic) bond motifs is 1. The minimum absolute atomic E-state index is 0.0494. The Morgan fingerprint density at radius 1 is 1.05 bits per heavy atom. The van der Waals surface area contributed by atoms with Crippen LogP contribution in [0.2, 0.25) is 0 Å². The van der Waals surface area contributed by atoms with Crippen LogP contribution in [0.15, 0.2) is 18.2 Å². The summed E-state index contributed by atoms with van der Waals surface area (Å²) in [5.74, 6) is -3.52. The smallest absolute Gasteiger partial charge is 0.352 e. The van der Waals surface area contributed by atoms with Gasteiger partial charge in [0.25, 0.3) is 0 Å². The molecule has 2 rings (SSSR count). The molecule has 0 atom stereocenters. The summed E-state index contributed by atoms with van der Waals surface area (Å²) in [4.78, 5) is 35.7. The summed E-state index contributed by atoms with van der Waals surface area (Å²) in [5, 5.41) is 27.3. The van der Waals surface area contributed by atoms with Gasteiger partial charge in [0, 0.05) is 17.3 Å². The van der Waals surface area contributed by atoms with E-state index in [4.69, 9.17) is 15.3 Å². The number of aryl methyl sites for hydroxylation is 1. The van der Waals surface area contributed by atoms with Crippen molar-refractivity contribution in [1.29, 1.82) is 0 Å². The Hall–Kier alpha value is -2.83. The fourth-order valence-electron chi connectivity index (χ4n) is 2.16. The molecule has 0 saturated heterocycles. The van der Waals surface area contributed by atoms with Gasteiger partial charge in [0.1, 0.15) is 5.69 Å². The van der Waals surface area contributed by atoms with Crippen LogP contribution in [0.1, 0.15) is 32.8 Å². The summed E-state index contributed by atoms with van der Waals surface area (Å²) < 4.78 is 0. The minimum Gasteiger partial charge on any atom is -0.481 e. The summed E-state index contributed by atoms with van der Waals surface area (Å²) in [5.41, 5.74) is 0.345. The lowest BCUT2D eigenvalue weighted by atomic mass is 10.0. The largest absolute Gasteiger partial charge is 0.481 e. The molecular weight excluding hydrogens is 266 g/mol. The van der Waals surface area contributed by atoms with Gasteiger partial charge in [-0.15, -0.1) is 0 Å². The van der Waals surface area contributed by atoms with Crippen LogP contribution >= 0.6 is 0 Å². The SMILES string of the molecule is O=C(O)CCc1c(C(=O)O)[nH]c2cccc(C(=O)O)c12. The van der Waals surface area contributed by atoms with Crippen LogP contribution < -0.4 is 0 Å². The highest BCUT2D eigenvalue weighted by Crippen LogP contribution is 2.27. The lowest BCUT2D eigenvalue weighted by molar-refractivity contribution is -0.136. The molecule has 0 radical (unpaired) electrons. The van der Waals surface area contributed by atoms with Gasteiger partial charge in [0.15, 0.2) is 0 Å². The molecule has 0 saturated carbocycles. The number of hydrogen-bond donors (Lipinski definition) is 4. The maximum absolute atomic E-state index is 11.2. The highest BCUT2D eigenvalue weighted by Gasteiger charge is 2.21. The third kappa shape index (κ3) is 2.33. The molecule has 1 heterocycles. The van der Waals surface area contributed by atoms with Gasteiger partial charge in [-0.1, -0.05) is 6.07 Å². The van der Waals surface area contributed by atoms with Gasteiger partial charge in [0.05, 0.1) is 5.56 Å². The van der Waals surface area contributed by atoms with Crippen molar-refractivity contribution in [3.63, 3.8) is 0 Å². The third-order valence-corrected chi connectivity index (χ3v) is 2.96. The normalized spacial score (nSPS) is 10.6. The van der Waals surface area contributed by atoms with E-state index in [-0.39, 0.29) is 35.0 Å². The quantitative estimate of drug-likeness (QED) is 0.657. The standard InChI is InChI=1S/C13H11NO6/c15-9(16)5-4-6-10-7(12(17)18)2-1-3-8(10)14-11(6)13(19)20/h1-3,14H,4-5H2,(H,15,16)(H,17,18)(H,19,20). The number of nitrogens with one attached hydrogen (secondary N) is 1. The Labute approximate surface area is 112 Å². The summed E-state index contributed by atoms with van der Waals surface area (Å²) in [6.07, 6.45) is -0.331. The van der Waals surface area contributed by atoms with Crippen LogP contribution in [0.25, 0.3) is 10.9 Å². The van der Waals surface area contributed by atoms with E-state index in [9.17, 15) is 14.4 Å². The van der Waals surface area contributed by atoms with Crippen molar-refractivity contribution < 1.29 is 29.7 Å². The lowest BCUT2D eigenvalue weighted by Gasteiger charge is -2.02. The zero-order valence-electron chi connectivity index (χ0n) is 10.2. The molecule has 0 aliphatic heterocycles. The van der Waals surface area contributed by atoms with E-state index >= 15 is 0 Å². The first-order valence-electron chi connectivity index (χ1n) is 5.73. The number of H-pyrrole nitrogens is 1. The number of benzene rings is 1. The first-order chi connectivity index (χ1) is 9.41. The monoisotopic (exact) mass is 277 g/mol. The Kier molecular flexibility index (Phi) is 3.43. The Bertz CT molecular complexity index is 715. The van der Waals surface area contributed by atoms with Crippen LogP contribution in [0, 0.1) is 0 Å². The van der Waals surface area contributed by atoms with Gasteiger partial charge in [-0.25, -0.2) is 9.59 Å². The Balaban J connectivity index is 2.70. The van der Waals surface area contributed by atoms with Crippen LogP contribution in [-0.4, -0.2) is 38.2 Å². The molecule has 0 unspecified atom stereocenters. The second kappa shape index (κ2) is 5.04. The van der Waals surface area contributed by atoms with Crippen molar-refractivity contribution in [2.45, 2.75) is 12.8 Å². The summed E-state index contributed by atoms with van der Waals surface area (Å²) in [7, 11) is 0. The van der Waals surface area contributed by atoms with Crippen molar-refractivity contribution in [2.24, 2.45) is 0 Å². The molecule has 0 aliphatic carbocycles. The average Bonchev–Trinajstić information content (AvgIpc) is 2.74. The molecule has 0 aliphatic rings. The predicted octanol–water partition coefficient (Wildman–Crippen LogP) is 1.58. The van der Waals surface area contributed by atoms with Gasteiger partial charge in [-0.2, -0.15) is 0 Å². The van der Waals surface area contributed by atoms with Crippen molar-refractivity contribution >= 4 is 28.8 Å². The fourth-order valence-corrected chi connectivity index (χ4v) is 2.16. The van der Waals surface area contributed by atoms with Crippen LogP contribution in [0.3, 0.4) is 0 Å². The molecule has 7 heteroatoms. The number of aromatic nitrogens is 1. The van der Waals surface area contributed by atoms with Crippen molar-refractivity contribution in [2.75, 3.05) is 0 Å². The van der Waals surface area contributed by atoms with Gasteiger partial charge in [-0.05, 0) is 24.1 Å². The maximum atomic E-state index is 11.2. The molecule has 2 aromatic rings. The summed E-state index contributed by atoms with van der Waals surface area (Å²) >= 11 is 0. The van der Waals surface area contributed by atoms with E-state index in [1.54, 1.807) is 6.07 Å². The lowest BCUT2D eigenvalue weighted by Crippen LogP contribution is -2.05. The Morgan fingerprint density at radius 3 is 2.30 bits per heavy atom. The first-order valence-corrected chi connectivity index (χ1v) is 5.73. The number of aromatic carboxylic acids is 2. The first kappa shape index (κ1) is 13.6. The van der Waals surface area contributed by atoms with Gasteiger partial charge in [-0.3, -0.25) is 4.79 Å². The van der Waals surface area contributed by atoms with E-state index < -0.39 is 17.9 Å². The van der Waals surface area contributed by atoms with E-state index in [1.165, 1.54) is 12.1 Å². The zero-order valence-corrected chi connectivity index (χ0v) is 10.2. The number of hydrogen-bond acceptors (Lipinski definition) is 3. The highest BCUT2D eigenvalue weighted by molar-refractivity contribution is 6.08. The van der Waals surface area contributed by atoms with Crippen molar-refractivity contribution in [1.82, 2.24) is 4.98 Å². The number of aliphatic carboxylic acids is 1. The molecular formula is C13H11NO6. The number of carbonyl (C=O) groups is 3. The molecule has 0 fully saturated rings. The molecule has 1 aromatic heterocycles. The molecule has 7 nitrogen and oxygen atoms in total. The highest BCUT2D eigenvalue weighted by atomic mass is 16.4. The van der Waals surface area contributed by atoms with Crippen LogP contribution in [-0.2, 0) is 11.2 Å². The van der Waals surface area contributed by atoms with Crippen molar-refractivity contribution in [3.8, 4) is 0 Å². The molecule has 104 valence electrons. The number of carboxylic acid groups (broad SMARTS) is 3. The average molecular weight is 277 g/mol. The zero-order chi connectivity index (χ0) is 14.9. The maximum Gasteiger partial charge on any atom is 0.352 e. The molecule has 1 aromatic carbocycles. The van der Waals surface area contributed by atoms with Crippen LogP contribution in [0.4, 0.5) is 0 Å². The summed E-state index contributed by atoms with van der Waals surface area (Å²) in [6, 6.07) is 4.40. The molecule has 0 spiro atoms. The number of aromatic amines is 1. The van der Waals surface area contributed by atoms with E-state index in [0.29, 0.717) is 5.52 Å². The van der Waals surface area contributed by atoms with E-state index in [1.807, 2.05) is 0 Å². The topological polar surface area (TPSA) is 128 Å². The molecule has 20 heavy (non-hydrogen) atoms. The van der Waals surface area contributed by atoms with Gasteiger partial charge < -0.3 is 20.3 Å². The van der Waals surface area contributed by atoms with Crippen LogP contribution in [0.5, 0.6) is 0 Å². The predicted molar refractivity (Wildman–Crippen MR) is 68.2 cm³/mol. The second-order valence-corrected chi connectivity index (χ2v) is 4.21. The molecule has 4 N–H and O–H groups in total. The summed E-state index contributed by atoms with van der Waals surface area (Å²) in [6.45, 7) is 0. The molecule has 0 amide bonds. The second-order valence-electron chi connectivity index (χ2n) is 4.21. The van der Waals surface area contributed by atoms with E-state index in [2.05, 4.69) is 4.98 Å². The third-order valence-electron chi connectivity index (χ3n) is 2.96. The molecule has 0 bridgehead atoms. The minimum atomic E-state index is -1.25. The fraction of sp³-hybridized carbons (Fsp3) is 0.154. The Morgan fingerprint density at radius 2 is 1.75 bits per heavy atom. The number of rotatable bonds is 5. The number of carboxylic acids is 3. The van der Waals surface area contributed by atoms with Crippen molar-refractivity contribution in [3.05, 3.63) is 35.0 Å². The van der Waals surface area contributed by atoms with Gasteiger partial charge in [0.2, 0.25) is 0 Å².